The number of hydrogen-bond donors (Lipinski definition) is 2. The van der Waals surface area contributed by atoms with Gasteiger partial charge in [0.05, 0.1) is 0 Å². The number of unbranched alkanes of at least 4 members (excludes halogenated alkanes) is 6. The summed E-state index contributed by atoms with van der Waals surface area (Å²) in [6, 6.07) is 2.61. The summed E-state index contributed by atoms with van der Waals surface area (Å²) in [4.78, 5) is 0. The van der Waals surface area contributed by atoms with Crippen LogP contribution in [0.15, 0.2) is 0 Å². The molecule has 0 bridgehead atoms. The summed E-state index contributed by atoms with van der Waals surface area (Å²) in [6.45, 7) is 11.3. The zero-order valence-electron chi connectivity index (χ0n) is 15.0. The Kier molecular flexibility index (Phi) is 12.0. The van der Waals surface area contributed by atoms with E-state index in [1.165, 1.54) is 63.5 Å². The van der Waals surface area contributed by atoms with E-state index in [1.54, 1.807) is 0 Å². The van der Waals surface area contributed by atoms with Crippen molar-refractivity contribution in [2.45, 2.75) is 89.6 Å². The molecule has 5 heteroatoms. The average molecular weight is 333 g/mol. The Bertz CT molecular complexity index is 224. The minimum Gasteiger partial charge on any atom is -0.455 e. The fraction of sp³-hybridized carbons (Fsp3) is 1.00. The molecule has 0 aromatic rings. The Hall–Kier alpha value is 0.314. The van der Waals surface area contributed by atoms with E-state index in [1.807, 2.05) is 0 Å². The molecule has 0 atom stereocenters. The molecule has 0 aromatic carbocycles. The second-order valence-electron chi connectivity index (χ2n) is 7.53. The molecule has 4 N–H and O–H groups in total. The highest BCUT2D eigenvalue weighted by Gasteiger charge is 2.31. The summed E-state index contributed by atoms with van der Waals surface area (Å²) in [7, 11) is -2.93. The van der Waals surface area contributed by atoms with Crippen LogP contribution >= 0.6 is 0 Å². The summed E-state index contributed by atoms with van der Waals surface area (Å²) in [5.74, 6) is 0. The van der Waals surface area contributed by atoms with E-state index in [9.17, 15) is 0 Å². The second kappa shape index (κ2) is 11.8. The molecule has 0 unspecified atom stereocenters. The van der Waals surface area contributed by atoms with Crippen molar-refractivity contribution in [3.05, 3.63) is 0 Å². The van der Waals surface area contributed by atoms with Gasteiger partial charge in [-0.25, -0.2) is 0 Å². The van der Waals surface area contributed by atoms with Gasteiger partial charge in [0.15, 0.2) is 16.6 Å². The Morgan fingerprint density at radius 1 is 0.571 bits per heavy atom. The smallest absolute Gasteiger partial charge is 0.173 e. The minimum absolute atomic E-state index is 0.835. The van der Waals surface area contributed by atoms with Gasteiger partial charge in [-0.15, -0.1) is 0 Å². The van der Waals surface area contributed by atoms with Gasteiger partial charge in [-0.05, 0) is 64.2 Å². The Morgan fingerprint density at radius 3 is 1.24 bits per heavy atom. The molecule has 128 valence electrons. The quantitative estimate of drug-likeness (QED) is 0.365. The van der Waals surface area contributed by atoms with Crippen LogP contribution in [0.2, 0.25) is 38.3 Å². The first-order valence-electron chi connectivity index (χ1n) is 8.93. The van der Waals surface area contributed by atoms with E-state index in [-0.39, 0.29) is 0 Å². The first kappa shape index (κ1) is 21.3. The predicted octanol–water partition coefficient (Wildman–Crippen LogP) is 4.45. The van der Waals surface area contributed by atoms with Crippen molar-refractivity contribution >= 4 is 16.6 Å². The van der Waals surface area contributed by atoms with Gasteiger partial charge < -0.3 is 15.6 Å². The standard InChI is InChI=1S/C16H40N2OSi2/c1-20(2,15-11-7-5-9-13-17)19-21(3,4)16-12-8-6-10-14-18/h5-18H2,1-4H3. The Morgan fingerprint density at radius 2 is 0.905 bits per heavy atom. The summed E-state index contributed by atoms with van der Waals surface area (Å²) < 4.78 is 6.67. The molecule has 0 spiro atoms. The van der Waals surface area contributed by atoms with Crippen molar-refractivity contribution in [2.75, 3.05) is 13.1 Å². The summed E-state index contributed by atoms with van der Waals surface area (Å²) in [5, 5.41) is 0. The van der Waals surface area contributed by atoms with E-state index in [0.29, 0.717) is 0 Å². The molecule has 0 aliphatic carbocycles. The molecule has 0 aliphatic heterocycles. The third-order valence-electron chi connectivity index (χ3n) is 4.02. The highest BCUT2D eigenvalue weighted by molar-refractivity contribution is 6.84. The third kappa shape index (κ3) is 13.7. The Labute approximate surface area is 135 Å². The first-order valence-corrected chi connectivity index (χ1v) is 15.2. The van der Waals surface area contributed by atoms with Crippen LogP contribution in [0.4, 0.5) is 0 Å². The van der Waals surface area contributed by atoms with E-state index in [2.05, 4.69) is 26.2 Å². The zero-order chi connectivity index (χ0) is 16.2. The summed E-state index contributed by atoms with van der Waals surface area (Å²) >= 11 is 0. The monoisotopic (exact) mass is 332 g/mol. The van der Waals surface area contributed by atoms with E-state index >= 15 is 0 Å². The van der Waals surface area contributed by atoms with Crippen molar-refractivity contribution in [3.8, 4) is 0 Å². The lowest BCUT2D eigenvalue weighted by Crippen LogP contribution is -2.44. The van der Waals surface area contributed by atoms with Gasteiger partial charge >= 0.3 is 0 Å². The molecule has 0 fully saturated rings. The van der Waals surface area contributed by atoms with E-state index < -0.39 is 16.6 Å². The predicted molar refractivity (Wildman–Crippen MR) is 101 cm³/mol. The van der Waals surface area contributed by atoms with Crippen LogP contribution in [0.5, 0.6) is 0 Å². The molecule has 0 saturated heterocycles. The highest BCUT2D eigenvalue weighted by Crippen LogP contribution is 2.25. The lowest BCUT2D eigenvalue weighted by molar-refractivity contribution is 0.522. The minimum atomic E-state index is -1.46. The fourth-order valence-electron chi connectivity index (χ4n) is 2.95. The second-order valence-corrected chi connectivity index (χ2v) is 16.4. The molecule has 0 aliphatic rings. The van der Waals surface area contributed by atoms with Gasteiger partial charge in [-0.3, -0.25) is 0 Å². The molecule has 0 radical (unpaired) electrons. The molecule has 0 rings (SSSR count). The van der Waals surface area contributed by atoms with Crippen LogP contribution < -0.4 is 11.5 Å². The van der Waals surface area contributed by atoms with Gasteiger partial charge in [-0.2, -0.15) is 0 Å². The van der Waals surface area contributed by atoms with Crippen molar-refractivity contribution in [1.82, 2.24) is 0 Å². The number of nitrogens with two attached hydrogens (primary N) is 2. The molecular formula is C16H40N2OSi2. The van der Waals surface area contributed by atoms with Crippen LogP contribution in [0.3, 0.4) is 0 Å². The molecule has 21 heavy (non-hydrogen) atoms. The largest absolute Gasteiger partial charge is 0.455 e. The van der Waals surface area contributed by atoms with Gasteiger partial charge in [0.1, 0.15) is 0 Å². The van der Waals surface area contributed by atoms with E-state index in [4.69, 9.17) is 15.6 Å². The highest BCUT2D eigenvalue weighted by atomic mass is 28.4. The van der Waals surface area contributed by atoms with Crippen molar-refractivity contribution < 1.29 is 4.12 Å². The van der Waals surface area contributed by atoms with Crippen LogP contribution in [-0.4, -0.2) is 29.7 Å². The molecule has 0 amide bonds. The van der Waals surface area contributed by atoms with Gasteiger partial charge in [-0.1, -0.05) is 38.5 Å². The zero-order valence-corrected chi connectivity index (χ0v) is 17.0. The number of rotatable bonds is 14. The summed E-state index contributed by atoms with van der Waals surface area (Å²) in [6.07, 6.45) is 10.2. The topological polar surface area (TPSA) is 61.3 Å². The maximum Gasteiger partial charge on any atom is 0.173 e. The Balaban J connectivity index is 3.87. The van der Waals surface area contributed by atoms with Crippen molar-refractivity contribution in [1.29, 1.82) is 0 Å². The van der Waals surface area contributed by atoms with Crippen LogP contribution in [-0.2, 0) is 4.12 Å². The molecule has 0 heterocycles. The molecule has 0 saturated carbocycles. The van der Waals surface area contributed by atoms with Crippen LogP contribution in [0, 0.1) is 0 Å². The normalized spacial score (nSPS) is 12.9. The molecular weight excluding hydrogens is 292 g/mol. The van der Waals surface area contributed by atoms with Gasteiger partial charge in [0, 0.05) is 0 Å². The average Bonchev–Trinajstić information content (AvgIpc) is 2.36. The van der Waals surface area contributed by atoms with Gasteiger partial charge in [0.25, 0.3) is 0 Å². The molecule has 0 aromatic heterocycles. The maximum absolute atomic E-state index is 6.67. The third-order valence-corrected chi connectivity index (χ3v) is 11.6. The lowest BCUT2D eigenvalue weighted by Gasteiger charge is -2.34. The van der Waals surface area contributed by atoms with Crippen molar-refractivity contribution in [3.63, 3.8) is 0 Å². The molecule has 3 nitrogen and oxygen atoms in total. The maximum atomic E-state index is 6.67. The van der Waals surface area contributed by atoms with E-state index in [0.717, 1.165) is 13.1 Å². The van der Waals surface area contributed by atoms with Crippen LogP contribution in [0.1, 0.15) is 51.4 Å². The van der Waals surface area contributed by atoms with Crippen molar-refractivity contribution in [2.24, 2.45) is 11.5 Å². The number of hydrogen-bond acceptors (Lipinski definition) is 3. The van der Waals surface area contributed by atoms with Gasteiger partial charge in [0.2, 0.25) is 0 Å². The SMILES string of the molecule is C[Si](C)(CCCCCCN)O[Si](C)(C)CCCCCCN. The van der Waals surface area contributed by atoms with Crippen LogP contribution in [0.25, 0.3) is 0 Å². The fourth-order valence-corrected chi connectivity index (χ4v) is 12.0. The first-order chi connectivity index (χ1) is 9.83. The lowest BCUT2D eigenvalue weighted by atomic mass is 10.2. The summed E-state index contributed by atoms with van der Waals surface area (Å²) in [5.41, 5.74) is 11.1.